The molecule has 0 atom stereocenters. The molecule has 5 heteroatoms. The van der Waals surface area contributed by atoms with Gasteiger partial charge in [-0.1, -0.05) is 18.2 Å². The normalized spacial score (nSPS) is 11.0. The second-order valence-electron chi connectivity index (χ2n) is 4.63. The molecular weight excluding hydrogens is 264 g/mol. The first-order valence-corrected chi connectivity index (χ1v) is 6.60. The minimum Gasteiger partial charge on any atom is -0.358 e. The van der Waals surface area contributed by atoms with Gasteiger partial charge < -0.3 is 4.98 Å². The van der Waals surface area contributed by atoms with Gasteiger partial charge in [-0.2, -0.15) is 5.10 Å². The van der Waals surface area contributed by atoms with Crippen LogP contribution in [0.15, 0.2) is 60.0 Å². The van der Waals surface area contributed by atoms with Gasteiger partial charge in [0.05, 0.1) is 12.6 Å². The molecule has 0 saturated carbocycles. The number of carbonyl (C=O) groups excluding carboxylic acids is 1. The number of benzene rings is 1. The zero-order valence-corrected chi connectivity index (χ0v) is 11.3. The lowest BCUT2D eigenvalue weighted by molar-refractivity contribution is -0.120. The Balaban J connectivity index is 1.60. The highest BCUT2D eigenvalue weighted by atomic mass is 16.2. The van der Waals surface area contributed by atoms with E-state index in [0.29, 0.717) is 0 Å². The number of para-hydroxylation sites is 1. The Morgan fingerprint density at radius 1 is 1.24 bits per heavy atom. The minimum absolute atomic E-state index is 0.160. The molecule has 0 radical (unpaired) electrons. The fourth-order valence-corrected chi connectivity index (χ4v) is 2.07. The topological polar surface area (TPSA) is 70.1 Å². The maximum atomic E-state index is 11.8. The molecule has 21 heavy (non-hydrogen) atoms. The first-order chi connectivity index (χ1) is 10.3. The summed E-state index contributed by atoms with van der Waals surface area (Å²) in [5.74, 6) is -0.160. The van der Waals surface area contributed by atoms with Gasteiger partial charge in [-0.05, 0) is 35.2 Å². The summed E-state index contributed by atoms with van der Waals surface area (Å²) in [4.78, 5) is 18.9. The Labute approximate surface area is 121 Å². The number of hydrogen-bond acceptors (Lipinski definition) is 3. The van der Waals surface area contributed by atoms with Crippen LogP contribution in [0.4, 0.5) is 0 Å². The second kappa shape index (κ2) is 6.00. The third kappa shape index (κ3) is 3.33. The van der Waals surface area contributed by atoms with Gasteiger partial charge in [0.15, 0.2) is 0 Å². The monoisotopic (exact) mass is 278 g/mol. The molecule has 3 aromatic rings. The predicted octanol–water partition coefficient (Wildman–Crippen LogP) is 2.26. The molecule has 0 saturated heterocycles. The first-order valence-electron chi connectivity index (χ1n) is 6.60. The van der Waals surface area contributed by atoms with Crippen molar-refractivity contribution in [2.24, 2.45) is 5.10 Å². The zero-order valence-electron chi connectivity index (χ0n) is 11.3. The Hall–Kier alpha value is -2.95. The maximum absolute atomic E-state index is 11.8. The fraction of sp³-hybridized carbons (Fsp3) is 0.0625. The van der Waals surface area contributed by atoms with Crippen LogP contribution in [0.25, 0.3) is 10.9 Å². The van der Waals surface area contributed by atoms with E-state index < -0.39 is 0 Å². The number of H-pyrrole nitrogens is 1. The van der Waals surface area contributed by atoms with E-state index in [1.54, 1.807) is 18.6 Å². The van der Waals surface area contributed by atoms with Gasteiger partial charge >= 0.3 is 0 Å². The van der Waals surface area contributed by atoms with Gasteiger partial charge in [-0.25, -0.2) is 5.43 Å². The molecule has 1 aromatic carbocycles. The van der Waals surface area contributed by atoms with Crippen LogP contribution in [0.3, 0.4) is 0 Å². The van der Waals surface area contributed by atoms with Crippen LogP contribution >= 0.6 is 0 Å². The number of nitrogens with zero attached hydrogens (tertiary/aromatic N) is 2. The molecule has 0 spiro atoms. The van der Waals surface area contributed by atoms with E-state index >= 15 is 0 Å². The summed E-state index contributed by atoms with van der Waals surface area (Å²) in [6.45, 7) is 0. The lowest BCUT2D eigenvalue weighted by Crippen LogP contribution is -2.19. The van der Waals surface area contributed by atoms with Crippen LogP contribution in [0.1, 0.15) is 11.3 Å². The number of aromatic amines is 1. The van der Waals surface area contributed by atoms with Gasteiger partial charge in [-0.3, -0.25) is 9.78 Å². The standard InChI is InChI=1S/C16H14N4O/c21-16(20-18-11-12-5-7-17-8-6-12)10-14-9-13-3-1-2-4-15(13)19-14/h1-9,11,19H,10H2,(H,20,21)/b18-11+. The van der Waals surface area contributed by atoms with Crippen molar-refractivity contribution in [3.8, 4) is 0 Å². The van der Waals surface area contributed by atoms with Crippen LogP contribution in [-0.4, -0.2) is 22.1 Å². The van der Waals surface area contributed by atoms with Crippen molar-refractivity contribution in [2.45, 2.75) is 6.42 Å². The van der Waals surface area contributed by atoms with Crippen LogP contribution in [0, 0.1) is 0 Å². The molecule has 1 amide bonds. The number of pyridine rings is 1. The Kier molecular flexibility index (Phi) is 3.73. The summed E-state index contributed by atoms with van der Waals surface area (Å²) in [7, 11) is 0. The van der Waals surface area contributed by atoms with Crippen molar-refractivity contribution in [1.82, 2.24) is 15.4 Å². The summed E-state index contributed by atoms with van der Waals surface area (Å²) >= 11 is 0. The van der Waals surface area contributed by atoms with Crippen molar-refractivity contribution < 1.29 is 4.79 Å². The summed E-state index contributed by atoms with van der Waals surface area (Å²) in [6, 6.07) is 13.5. The first kappa shape index (κ1) is 13.1. The van der Waals surface area contributed by atoms with Gasteiger partial charge in [0, 0.05) is 23.6 Å². The van der Waals surface area contributed by atoms with E-state index in [4.69, 9.17) is 0 Å². The molecule has 0 aliphatic rings. The average molecular weight is 278 g/mol. The SMILES string of the molecule is O=C(Cc1cc2ccccc2[nH]1)N/N=C/c1ccncc1. The van der Waals surface area contributed by atoms with Crippen molar-refractivity contribution in [3.05, 3.63) is 66.1 Å². The maximum Gasteiger partial charge on any atom is 0.245 e. The Morgan fingerprint density at radius 3 is 2.86 bits per heavy atom. The van der Waals surface area contributed by atoms with E-state index in [1.165, 1.54) is 0 Å². The number of amides is 1. The number of fused-ring (bicyclic) bond motifs is 1. The third-order valence-electron chi connectivity index (χ3n) is 3.05. The summed E-state index contributed by atoms with van der Waals surface area (Å²) in [6.07, 6.45) is 5.20. The molecule has 3 rings (SSSR count). The van der Waals surface area contributed by atoms with E-state index in [2.05, 4.69) is 20.5 Å². The number of hydrazone groups is 1. The third-order valence-corrected chi connectivity index (χ3v) is 3.05. The largest absolute Gasteiger partial charge is 0.358 e. The van der Waals surface area contributed by atoms with Crippen LogP contribution < -0.4 is 5.43 Å². The summed E-state index contributed by atoms with van der Waals surface area (Å²) < 4.78 is 0. The summed E-state index contributed by atoms with van der Waals surface area (Å²) in [5, 5.41) is 5.02. The Morgan fingerprint density at radius 2 is 2.05 bits per heavy atom. The molecule has 0 aliphatic heterocycles. The number of rotatable bonds is 4. The van der Waals surface area contributed by atoms with Crippen molar-refractivity contribution in [3.63, 3.8) is 0 Å². The molecule has 5 nitrogen and oxygen atoms in total. The van der Waals surface area contributed by atoms with Crippen molar-refractivity contribution in [2.75, 3.05) is 0 Å². The van der Waals surface area contributed by atoms with Gasteiger partial charge in [0.1, 0.15) is 0 Å². The van der Waals surface area contributed by atoms with Gasteiger partial charge in [-0.15, -0.1) is 0 Å². The molecule has 0 aliphatic carbocycles. The van der Waals surface area contributed by atoms with Crippen LogP contribution in [0.2, 0.25) is 0 Å². The zero-order chi connectivity index (χ0) is 14.5. The molecular formula is C16H14N4O. The second-order valence-corrected chi connectivity index (χ2v) is 4.63. The highest BCUT2D eigenvalue weighted by Gasteiger charge is 2.05. The molecule has 2 heterocycles. The highest BCUT2D eigenvalue weighted by molar-refractivity contribution is 5.85. The molecule has 0 fully saturated rings. The highest BCUT2D eigenvalue weighted by Crippen LogP contribution is 2.14. The smallest absolute Gasteiger partial charge is 0.245 e. The van der Waals surface area contributed by atoms with E-state index in [9.17, 15) is 4.79 Å². The van der Waals surface area contributed by atoms with Crippen LogP contribution in [0.5, 0.6) is 0 Å². The fourth-order valence-electron chi connectivity index (χ4n) is 2.07. The quantitative estimate of drug-likeness (QED) is 0.567. The summed E-state index contributed by atoms with van der Waals surface area (Å²) in [5.41, 5.74) is 5.30. The number of nitrogens with one attached hydrogen (secondary N) is 2. The van der Waals surface area contributed by atoms with Crippen LogP contribution in [-0.2, 0) is 11.2 Å². The number of aromatic nitrogens is 2. The molecule has 2 aromatic heterocycles. The van der Waals surface area contributed by atoms with Crippen molar-refractivity contribution in [1.29, 1.82) is 0 Å². The molecule has 0 bridgehead atoms. The van der Waals surface area contributed by atoms with Gasteiger partial charge in [0.25, 0.3) is 0 Å². The van der Waals surface area contributed by atoms with E-state index in [-0.39, 0.29) is 12.3 Å². The Bertz CT molecular complexity index is 744. The molecule has 2 N–H and O–H groups in total. The minimum atomic E-state index is -0.160. The average Bonchev–Trinajstić information content (AvgIpc) is 2.90. The molecule has 104 valence electrons. The van der Waals surface area contributed by atoms with Crippen molar-refractivity contribution >= 4 is 23.0 Å². The van der Waals surface area contributed by atoms with E-state index in [0.717, 1.165) is 22.2 Å². The number of carbonyl (C=O) groups is 1. The number of hydrogen-bond donors (Lipinski definition) is 2. The predicted molar refractivity (Wildman–Crippen MR) is 82.0 cm³/mol. The lowest BCUT2D eigenvalue weighted by Gasteiger charge is -1.97. The lowest BCUT2D eigenvalue weighted by atomic mass is 10.2. The van der Waals surface area contributed by atoms with Gasteiger partial charge in [0.2, 0.25) is 5.91 Å². The van der Waals surface area contributed by atoms with E-state index in [1.807, 2.05) is 42.5 Å². The molecule has 0 unspecified atom stereocenters.